The molecule has 2 amide bonds. The molecule has 1 N–H and O–H groups in total. The molecule has 0 spiro atoms. The van der Waals surface area contributed by atoms with Gasteiger partial charge >= 0.3 is 6.03 Å². The lowest BCUT2D eigenvalue weighted by atomic mass is 10.0. The van der Waals surface area contributed by atoms with Crippen LogP contribution >= 0.6 is 0 Å². The predicted octanol–water partition coefficient (Wildman–Crippen LogP) is 5.02. The van der Waals surface area contributed by atoms with Crippen LogP contribution in [0.25, 0.3) is 0 Å². The lowest BCUT2D eigenvalue weighted by Gasteiger charge is -2.26. The van der Waals surface area contributed by atoms with Crippen LogP contribution in [-0.2, 0) is 6.42 Å². The summed E-state index contributed by atoms with van der Waals surface area (Å²) in [6, 6.07) is 11.2. The van der Waals surface area contributed by atoms with Gasteiger partial charge in [-0.05, 0) is 44.9 Å². The van der Waals surface area contributed by atoms with E-state index in [-0.39, 0.29) is 5.69 Å². The van der Waals surface area contributed by atoms with E-state index in [1.165, 1.54) is 17.2 Å². The Balaban J connectivity index is 1.50. The second-order valence-electron chi connectivity index (χ2n) is 8.70. The van der Waals surface area contributed by atoms with Gasteiger partial charge in [-0.3, -0.25) is 0 Å². The third-order valence-electron chi connectivity index (χ3n) is 6.06. The molecule has 1 fully saturated rings. The number of benzene rings is 2. The Kier molecular flexibility index (Phi) is 7.05. The Labute approximate surface area is 198 Å². The largest absolute Gasteiger partial charge is 0.354 e. The van der Waals surface area contributed by atoms with E-state index < -0.39 is 17.7 Å². The molecule has 6 nitrogen and oxygen atoms in total. The first-order valence-electron chi connectivity index (χ1n) is 11.5. The molecular weight excluding hydrogens is 436 g/mol. The fourth-order valence-electron chi connectivity index (χ4n) is 4.21. The zero-order valence-corrected chi connectivity index (χ0v) is 19.7. The molecule has 0 aliphatic carbocycles. The topological polar surface area (TPSA) is 61.4 Å². The number of hydrogen-bond donors (Lipinski definition) is 1. The third-order valence-corrected chi connectivity index (χ3v) is 6.06. The van der Waals surface area contributed by atoms with Crippen molar-refractivity contribution < 1.29 is 13.6 Å². The summed E-state index contributed by atoms with van der Waals surface area (Å²) in [6.07, 6.45) is 1.47. The van der Waals surface area contributed by atoms with Crippen molar-refractivity contribution in [2.75, 3.05) is 36.4 Å². The number of hydrogen-bond acceptors (Lipinski definition) is 4. The molecule has 8 heteroatoms. The molecule has 1 aliphatic heterocycles. The minimum Gasteiger partial charge on any atom is -0.354 e. The van der Waals surface area contributed by atoms with Crippen LogP contribution in [-0.4, -0.2) is 47.1 Å². The quantitative estimate of drug-likeness (QED) is 0.588. The number of aromatic nitrogens is 2. The Morgan fingerprint density at radius 1 is 0.971 bits per heavy atom. The molecule has 1 aromatic heterocycles. The highest BCUT2D eigenvalue weighted by Gasteiger charge is 2.23. The molecule has 0 atom stereocenters. The van der Waals surface area contributed by atoms with Crippen molar-refractivity contribution in [1.29, 1.82) is 0 Å². The first kappa shape index (κ1) is 23.6. The maximum absolute atomic E-state index is 14.0. The summed E-state index contributed by atoms with van der Waals surface area (Å²) >= 11 is 0. The summed E-state index contributed by atoms with van der Waals surface area (Å²) in [5.41, 5.74) is 4.41. The van der Waals surface area contributed by atoms with Gasteiger partial charge in [-0.2, -0.15) is 0 Å². The number of anilines is 2. The first-order valence-corrected chi connectivity index (χ1v) is 11.5. The minimum atomic E-state index is -0.794. The number of nitrogens with one attached hydrogen (secondary N) is 1. The molecule has 1 aliphatic rings. The lowest BCUT2D eigenvalue weighted by molar-refractivity contribution is 0.215. The zero-order valence-electron chi connectivity index (χ0n) is 19.7. The number of aryl methyl sites for hydroxylation is 3. The molecule has 4 rings (SSSR count). The monoisotopic (exact) mass is 465 g/mol. The van der Waals surface area contributed by atoms with Crippen molar-refractivity contribution in [3.8, 4) is 0 Å². The average Bonchev–Trinajstić information content (AvgIpc) is 3.05. The smallest absolute Gasteiger partial charge is 0.321 e. The van der Waals surface area contributed by atoms with E-state index in [0.717, 1.165) is 48.6 Å². The summed E-state index contributed by atoms with van der Waals surface area (Å²) in [6.45, 7) is 8.29. The van der Waals surface area contributed by atoms with Crippen molar-refractivity contribution in [2.45, 2.75) is 33.6 Å². The van der Waals surface area contributed by atoms with Gasteiger partial charge in [-0.15, -0.1) is 0 Å². The van der Waals surface area contributed by atoms with E-state index in [0.29, 0.717) is 25.5 Å². The van der Waals surface area contributed by atoms with E-state index in [1.54, 1.807) is 4.90 Å². The van der Waals surface area contributed by atoms with Crippen molar-refractivity contribution >= 4 is 17.5 Å². The van der Waals surface area contributed by atoms with Gasteiger partial charge in [-0.1, -0.05) is 29.8 Å². The Morgan fingerprint density at radius 2 is 1.74 bits per heavy atom. The molecule has 178 valence electrons. The molecule has 2 heterocycles. The molecule has 0 unspecified atom stereocenters. The number of nitrogens with zero attached hydrogens (tertiary/aromatic N) is 4. The molecule has 0 bridgehead atoms. The highest BCUT2D eigenvalue weighted by atomic mass is 19.1. The van der Waals surface area contributed by atoms with Gasteiger partial charge in [0.2, 0.25) is 0 Å². The van der Waals surface area contributed by atoms with Gasteiger partial charge in [0.1, 0.15) is 23.3 Å². The van der Waals surface area contributed by atoms with Crippen LogP contribution < -0.4 is 10.2 Å². The van der Waals surface area contributed by atoms with Gasteiger partial charge in [0.25, 0.3) is 0 Å². The summed E-state index contributed by atoms with van der Waals surface area (Å²) in [4.78, 5) is 26.0. The maximum Gasteiger partial charge on any atom is 0.321 e. The zero-order chi connectivity index (χ0) is 24.2. The normalized spacial score (nSPS) is 14.1. The Bertz CT molecular complexity index is 1180. The third kappa shape index (κ3) is 5.50. The summed E-state index contributed by atoms with van der Waals surface area (Å²) < 4.78 is 27.1. The van der Waals surface area contributed by atoms with Gasteiger partial charge in [0.15, 0.2) is 0 Å². The van der Waals surface area contributed by atoms with E-state index in [4.69, 9.17) is 4.98 Å². The van der Waals surface area contributed by atoms with Crippen molar-refractivity contribution in [2.24, 2.45) is 0 Å². The van der Waals surface area contributed by atoms with Crippen LogP contribution in [0.3, 0.4) is 0 Å². The number of amides is 2. The summed E-state index contributed by atoms with van der Waals surface area (Å²) in [7, 11) is 0. The highest BCUT2D eigenvalue weighted by molar-refractivity contribution is 5.89. The predicted molar refractivity (Wildman–Crippen MR) is 129 cm³/mol. The second kappa shape index (κ2) is 10.2. The average molecular weight is 466 g/mol. The molecule has 2 aromatic carbocycles. The van der Waals surface area contributed by atoms with Crippen molar-refractivity contribution in [3.05, 3.63) is 82.3 Å². The minimum absolute atomic E-state index is 0.0325. The van der Waals surface area contributed by atoms with Gasteiger partial charge < -0.3 is 15.1 Å². The van der Waals surface area contributed by atoms with Crippen molar-refractivity contribution in [3.63, 3.8) is 0 Å². The van der Waals surface area contributed by atoms with Crippen LogP contribution in [0.2, 0.25) is 0 Å². The van der Waals surface area contributed by atoms with Gasteiger partial charge in [-0.25, -0.2) is 23.5 Å². The molecule has 3 aromatic rings. The van der Waals surface area contributed by atoms with E-state index in [1.807, 2.05) is 13.8 Å². The molecule has 0 saturated carbocycles. The van der Waals surface area contributed by atoms with E-state index >= 15 is 0 Å². The highest BCUT2D eigenvalue weighted by Crippen LogP contribution is 2.25. The molecule has 1 saturated heterocycles. The standard InChI is InChI=1S/C26H29F2N5O/c1-17-5-7-20(8-6-17)15-22-18(2)29-19(3)30-25(22)32-11-4-12-33(14-13-32)26(34)31-24-10-9-21(27)16-23(24)28/h5-10,16H,4,11-15H2,1-3H3,(H,31,34). The van der Waals surface area contributed by atoms with E-state index in [9.17, 15) is 13.6 Å². The van der Waals surface area contributed by atoms with Crippen LogP contribution in [0.15, 0.2) is 42.5 Å². The first-order chi connectivity index (χ1) is 16.3. The molecular formula is C26H29F2N5O. The molecule has 0 radical (unpaired) electrons. The number of halogens is 2. The van der Waals surface area contributed by atoms with Crippen LogP contribution in [0, 0.1) is 32.4 Å². The fraction of sp³-hybridized carbons (Fsp3) is 0.346. The summed E-state index contributed by atoms with van der Waals surface area (Å²) in [5, 5.41) is 2.56. The Hall–Kier alpha value is -3.55. The van der Waals surface area contributed by atoms with Crippen molar-refractivity contribution in [1.82, 2.24) is 14.9 Å². The van der Waals surface area contributed by atoms with Crippen LogP contribution in [0.1, 0.15) is 34.6 Å². The second-order valence-corrected chi connectivity index (χ2v) is 8.70. The van der Waals surface area contributed by atoms with Gasteiger partial charge in [0, 0.05) is 49.9 Å². The maximum atomic E-state index is 14.0. The van der Waals surface area contributed by atoms with E-state index in [2.05, 4.69) is 46.4 Å². The van der Waals surface area contributed by atoms with Crippen LogP contribution in [0.5, 0.6) is 0 Å². The number of carbonyl (C=O) groups is 1. The molecule has 34 heavy (non-hydrogen) atoms. The van der Waals surface area contributed by atoms with Crippen LogP contribution in [0.4, 0.5) is 25.1 Å². The SMILES string of the molecule is Cc1ccc(Cc2c(C)nc(C)nc2N2CCCN(C(=O)Nc3ccc(F)cc3F)CC2)cc1. The Morgan fingerprint density at radius 3 is 2.47 bits per heavy atom. The fourth-order valence-corrected chi connectivity index (χ4v) is 4.21. The lowest BCUT2D eigenvalue weighted by Crippen LogP contribution is -2.38. The number of rotatable bonds is 4. The summed E-state index contributed by atoms with van der Waals surface area (Å²) in [5.74, 6) is 0.137. The number of carbonyl (C=O) groups excluding carboxylic acids is 1. The van der Waals surface area contributed by atoms with Gasteiger partial charge in [0.05, 0.1) is 5.69 Å². The number of urea groups is 1.